The van der Waals surface area contributed by atoms with Crippen molar-refractivity contribution in [2.24, 2.45) is 7.05 Å². The minimum absolute atomic E-state index is 0.0775. The number of piperazine rings is 1. The topological polar surface area (TPSA) is 58.9 Å². The van der Waals surface area contributed by atoms with Crippen LogP contribution < -0.4 is 19.3 Å². The van der Waals surface area contributed by atoms with Crippen LogP contribution in [0.4, 0.5) is 15.8 Å². The van der Waals surface area contributed by atoms with Crippen LogP contribution in [0.5, 0.6) is 11.8 Å². The van der Waals surface area contributed by atoms with E-state index in [-0.39, 0.29) is 6.04 Å². The fraction of sp³-hybridized carbons (Fsp3) is 0.286. The van der Waals surface area contributed by atoms with Gasteiger partial charge in [-0.2, -0.15) is 10.1 Å². The van der Waals surface area contributed by atoms with Crippen LogP contribution in [-0.4, -0.2) is 71.1 Å². The van der Waals surface area contributed by atoms with E-state index in [9.17, 15) is 0 Å². The number of piperidine rings is 1. The molecule has 4 aromatic carbocycles. The van der Waals surface area contributed by atoms with E-state index in [1.165, 1.54) is 0 Å². The number of fused-ring (bicyclic) bond motifs is 1. The van der Waals surface area contributed by atoms with Crippen LogP contribution in [0.15, 0.2) is 115 Å². The average molecular weight is 717 g/mol. The van der Waals surface area contributed by atoms with Crippen LogP contribution in [0.1, 0.15) is 17.5 Å². The molecule has 2 aromatic heterocycles. The van der Waals surface area contributed by atoms with E-state index in [0.717, 1.165) is 83.8 Å². The number of benzene rings is 4. The van der Waals surface area contributed by atoms with Gasteiger partial charge in [-0.15, -0.1) is 0 Å². The van der Waals surface area contributed by atoms with Crippen LogP contribution in [0.3, 0.4) is 0 Å². The number of pyridine rings is 1. The second-order valence-electron chi connectivity index (χ2n) is 13.5. The molecular formula is C42H42ClFN6O2. The van der Waals surface area contributed by atoms with Crippen LogP contribution >= 0.6 is 11.6 Å². The summed E-state index contributed by atoms with van der Waals surface area (Å²) in [5.41, 5.74) is 6.90. The predicted molar refractivity (Wildman–Crippen MR) is 206 cm³/mol. The van der Waals surface area contributed by atoms with Gasteiger partial charge in [-0.1, -0.05) is 84.4 Å². The lowest BCUT2D eigenvalue weighted by molar-refractivity contribution is 0.0878. The normalized spacial score (nSPS) is 18.1. The highest BCUT2D eigenvalue weighted by Crippen LogP contribution is 2.39. The number of aromatic nitrogens is 3. The largest absolute Gasteiger partial charge is 0.473 e. The summed E-state index contributed by atoms with van der Waals surface area (Å²) in [7, 11) is 1.99. The van der Waals surface area contributed by atoms with Crippen LogP contribution in [0.2, 0.25) is 5.02 Å². The standard InChI is InChI=1S/C42H42ClFN6O2/c1-47-41-34(13-8-14-38(41)49-25-23-48(24-26-49)37-21-22-50(27-36(37)44)33-17-15-32(43)16-18-33)40(46-47)35-19-20-39(51-28-30-9-4-2-5-10-30)45-42(35)52-29-31-11-6-3-7-12-31/h2-20,36-37H,21-29H2,1H3/t36-,37+/m0/s1. The van der Waals surface area contributed by atoms with Crippen molar-refractivity contribution in [3.63, 3.8) is 0 Å². The monoisotopic (exact) mass is 716 g/mol. The average Bonchev–Trinajstić information content (AvgIpc) is 3.53. The summed E-state index contributed by atoms with van der Waals surface area (Å²) in [4.78, 5) is 11.7. The van der Waals surface area contributed by atoms with Crippen molar-refractivity contribution in [3.05, 3.63) is 131 Å². The molecule has 266 valence electrons. The lowest BCUT2D eigenvalue weighted by atomic mass is 9.99. The first kappa shape index (κ1) is 34.0. The highest BCUT2D eigenvalue weighted by Gasteiger charge is 2.35. The zero-order valence-electron chi connectivity index (χ0n) is 29.2. The highest BCUT2D eigenvalue weighted by atomic mass is 35.5. The Labute approximate surface area is 309 Å². The van der Waals surface area contributed by atoms with Crippen molar-refractivity contribution in [2.45, 2.75) is 31.8 Å². The fourth-order valence-corrected chi connectivity index (χ4v) is 7.63. The summed E-state index contributed by atoms with van der Waals surface area (Å²) in [6, 6.07) is 38.0. The summed E-state index contributed by atoms with van der Waals surface area (Å²) < 4.78 is 30.1. The maximum Gasteiger partial charge on any atom is 0.226 e. The van der Waals surface area contributed by atoms with Crippen molar-refractivity contribution in [1.82, 2.24) is 19.7 Å². The SMILES string of the molecule is Cn1nc(-c2ccc(OCc3ccccc3)nc2OCc2ccccc2)c2cccc(N3CCN([C@@H]4CCN(c5ccc(Cl)cc5)C[C@@H]4F)CC3)c21. The number of halogens is 2. The van der Waals surface area contributed by atoms with E-state index in [0.29, 0.717) is 36.5 Å². The Kier molecular flexibility index (Phi) is 9.96. The van der Waals surface area contributed by atoms with Gasteiger partial charge in [0, 0.05) is 68.0 Å². The van der Waals surface area contributed by atoms with Gasteiger partial charge in [0.15, 0.2) is 0 Å². The van der Waals surface area contributed by atoms with Gasteiger partial charge >= 0.3 is 0 Å². The van der Waals surface area contributed by atoms with Gasteiger partial charge in [-0.3, -0.25) is 9.58 Å². The van der Waals surface area contributed by atoms with E-state index >= 15 is 4.39 Å². The number of hydrogen-bond acceptors (Lipinski definition) is 7. The Hall–Kier alpha value is -5.12. The third-order valence-corrected chi connectivity index (χ3v) is 10.5. The third-order valence-electron chi connectivity index (χ3n) is 10.2. The number of aryl methyl sites for hydroxylation is 1. The van der Waals surface area contributed by atoms with Crippen molar-refractivity contribution >= 4 is 33.9 Å². The molecule has 2 aliphatic heterocycles. The van der Waals surface area contributed by atoms with Crippen LogP contribution in [-0.2, 0) is 20.3 Å². The first-order valence-corrected chi connectivity index (χ1v) is 18.3. The quantitative estimate of drug-likeness (QED) is 0.142. The summed E-state index contributed by atoms with van der Waals surface area (Å²) in [6.45, 7) is 5.23. The van der Waals surface area contributed by atoms with E-state index in [2.05, 4.69) is 32.9 Å². The Morgan fingerprint density at radius 1 is 0.731 bits per heavy atom. The fourth-order valence-electron chi connectivity index (χ4n) is 7.51. The zero-order chi connectivity index (χ0) is 35.4. The first-order valence-electron chi connectivity index (χ1n) is 17.9. The van der Waals surface area contributed by atoms with Gasteiger partial charge in [0.2, 0.25) is 11.8 Å². The minimum Gasteiger partial charge on any atom is -0.473 e. The number of anilines is 2. The molecule has 0 bridgehead atoms. The molecule has 0 aliphatic carbocycles. The Morgan fingerprint density at radius 2 is 1.42 bits per heavy atom. The molecule has 0 unspecified atom stereocenters. The molecule has 0 saturated carbocycles. The smallest absolute Gasteiger partial charge is 0.226 e. The molecule has 2 aliphatic rings. The number of para-hydroxylation sites is 1. The predicted octanol–water partition coefficient (Wildman–Crippen LogP) is 8.19. The van der Waals surface area contributed by atoms with Gasteiger partial charge < -0.3 is 19.3 Å². The molecule has 52 heavy (non-hydrogen) atoms. The van der Waals surface area contributed by atoms with Gasteiger partial charge in [-0.05, 0) is 53.9 Å². The van der Waals surface area contributed by atoms with Gasteiger partial charge in [0.05, 0.1) is 23.3 Å². The highest BCUT2D eigenvalue weighted by molar-refractivity contribution is 6.30. The maximum atomic E-state index is 15.7. The van der Waals surface area contributed by atoms with Crippen molar-refractivity contribution < 1.29 is 13.9 Å². The molecule has 6 aromatic rings. The Morgan fingerprint density at radius 3 is 2.12 bits per heavy atom. The molecule has 2 saturated heterocycles. The second-order valence-corrected chi connectivity index (χ2v) is 14.0. The van der Waals surface area contributed by atoms with E-state index in [1.807, 2.05) is 109 Å². The first-order chi connectivity index (χ1) is 25.5. The van der Waals surface area contributed by atoms with E-state index < -0.39 is 6.17 Å². The lowest BCUT2D eigenvalue weighted by Crippen LogP contribution is -2.58. The molecule has 4 heterocycles. The van der Waals surface area contributed by atoms with Crippen molar-refractivity contribution in [2.75, 3.05) is 49.1 Å². The molecule has 2 fully saturated rings. The van der Waals surface area contributed by atoms with Crippen LogP contribution in [0.25, 0.3) is 22.2 Å². The van der Waals surface area contributed by atoms with E-state index in [1.54, 1.807) is 0 Å². The summed E-state index contributed by atoms with van der Waals surface area (Å²) in [5, 5.41) is 6.76. The number of nitrogens with zero attached hydrogens (tertiary/aromatic N) is 6. The Balaban J connectivity index is 1.00. The van der Waals surface area contributed by atoms with Crippen LogP contribution in [0, 0.1) is 0 Å². The molecule has 0 amide bonds. The maximum absolute atomic E-state index is 15.7. The summed E-state index contributed by atoms with van der Waals surface area (Å²) in [6.07, 6.45) is -0.121. The molecule has 0 N–H and O–H groups in total. The number of hydrogen-bond donors (Lipinski definition) is 0. The lowest BCUT2D eigenvalue weighted by Gasteiger charge is -2.45. The van der Waals surface area contributed by atoms with Crippen molar-refractivity contribution in [3.8, 4) is 23.0 Å². The molecule has 0 spiro atoms. The molecule has 8 rings (SSSR count). The van der Waals surface area contributed by atoms with Gasteiger partial charge in [0.25, 0.3) is 0 Å². The van der Waals surface area contributed by atoms with Crippen molar-refractivity contribution in [1.29, 1.82) is 0 Å². The zero-order valence-corrected chi connectivity index (χ0v) is 30.0. The Bertz CT molecular complexity index is 2110. The number of alkyl halides is 1. The van der Waals surface area contributed by atoms with Gasteiger partial charge in [-0.25, -0.2) is 4.39 Å². The minimum atomic E-state index is -0.916. The second kappa shape index (κ2) is 15.2. The number of ether oxygens (including phenoxy) is 2. The summed E-state index contributed by atoms with van der Waals surface area (Å²) >= 11 is 6.08. The molecular weight excluding hydrogens is 675 g/mol. The molecule has 8 nitrogen and oxygen atoms in total. The summed E-state index contributed by atoms with van der Waals surface area (Å²) in [5.74, 6) is 0.956. The van der Waals surface area contributed by atoms with Gasteiger partial charge in [0.1, 0.15) is 25.1 Å². The molecule has 2 atom stereocenters. The third kappa shape index (κ3) is 7.29. The van der Waals surface area contributed by atoms with E-state index in [4.69, 9.17) is 31.2 Å². The molecule has 0 radical (unpaired) electrons. The number of rotatable bonds is 10. The molecule has 10 heteroatoms.